The quantitative estimate of drug-likeness (QED) is 0.915. The van der Waals surface area contributed by atoms with Crippen LogP contribution in [0.15, 0.2) is 36.5 Å². The van der Waals surface area contributed by atoms with E-state index in [1.165, 1.54) is 11.5 Å². The van der Waals surface area contributed by atoms with E-state index in [9.17, 15) is 4.79 Å². The van der Waals surface area contributed by atoms with Crippen molar-refractivity contribution in [3.63, 3.8) is 0 Å². The van der Waals surface area contributed by atoms with Gasteiger partial charge in [0.15, 0.2) is 6.10 Å². The van der Waals surface area contributed by atoms with Gasteiger partial charge in [-0.2, -0.15) is 0 Å². The van der Waals surface area contributed by atoms with Crippen LogP contribution in [0, 0.1) is 0 Å². The lowest BCUT2D eigenvalue weighted by Crippen LogP contribution is -2.36. The number of carbonyl (C=O) groups is 1. The molecule has 0 radical (unpaired) electrons. The lowest BCUT2D eigenvalue weighted by Gasteiger charge is -2.10. The van der Waals surface area contributed by atoms with Gasteiger partial charge in [-0.25, -0.2) is 4.37 Å². The molecule has 1 aromatic carbocycles. The number of fused-ring (bicyclic) bond motifs is 1. The number of ether oxygens (including phenoxy) is 1. The van der Waals surface area contributed by atoms with E-state index in [4.69, 9.17) is 4.74 Å². The summed E-state index contributed by atoms with van der Waals surface area (Å²) in [6, 6.07) is 9.66. The fourth-order valence-corrected chi connectivity index (χ4v) is 2.47. The van der Waals surface area contributed by atoms with Crippen molar-refractivity contribution in [2.45, 2.75) is 19.1 Å². The minimum absolute atomic E-state index is 0.0698. The zero-order valence-electron chi connectivity index (χ0n) is 9.63. The summed E-state index contributed by atoms with van der Waals surface area (Å²) in [7, 11) is 0. The average molecular weight is 260 g/mol. The summed E-state index contributed by atoms with van der Waals surface area (Å²) in [4.78, 5) is 13.0. The van der Waals surface area contributed by atoms with E-state index in [0.29, 0.717) is 13.0 Å². The van der Waals surface area contributed by atoms with Crippen LogP contribution in [0.2, 0.25) is 0 Å². The van der Waals surface area contributed by atoms with E-state index in [1.807, 2.05) is 30.3 Å². The van der Waals surface area contributed by atoms with Crippen LogP contribution in [0.4, 0.5) is 0 Å². The van der Waals surface area contributed by atoms with Crippen molar-refractivity contribution in [3.8, 4) is 5.75 Å². The Hall–Kier alpha value is -1.88. The van der Waals surface area contributed by atoms with Crippen LogP contribution in [-0.2, 0) is 17.8 Å². The smallest absolute Gasteiger partial charge is 0.261 e. The molecule has 1 amide bonds. The van der Waals surface area contributed by atoms with E-state index in [2.05, 4.69) is 9.69 Å². The van der Waals surface area contributed by atoms with Crippen LogP contribution in [-0.4, -0.2) is 16.4 Å². The number of carbonyl (C=O) groups excluding carboxylic acids is 1. The van der Waals surface area contributed by atoms with E-state index < -0.39 is 6.10 Å². The average Bonchev–Trinajstić information content (AvgIpc) is 3.04. The first-order valence-corrected chi connectivity index (χ1v) is 6.52. The van der Waals surface area contributed by atoms with Crippen LogP contribution < -0.4 is 10.1 Å². The summed E-state index contributed by atoms with van der Waals surface area (Å²) >= 11 is 1.39. The van der Waals surface area contributed by atoms with Gasteiger partial charge in [-0.1, -0.05) is 18.2 Å². The molecule has 3 rings (SSSR count). The first kappa shape index (κ1) is 11.2. The Bertz CT molecular complexity index is 529. The normalized spacial score (nSPS) is 17.0. The van der Waals surface area contributed by atoms with E-state index in [0.717, 1.165) is 16.2 Å². The van der Waals surface area contributed by atoms with Gasteiger partial charge in [-0.05, 0) is 29.2 Å². The number of benzene rings is 1. The van der Waals surface area contributed by atoms with Crippen molar-refractivity contribution in [1.82, 2.24) is 9.69 Å². The fourth-order valence-electron chi connectivity index (χ4n) is 1.95. The van der Waals surface area contributed by atoms with Crippen LogP contribution in [0.5, 0.6) is 5.75 Å². The van der Waals surface area contributed by atoms with Gasteiger partial charge in [0.05, 0.1) is 6.54 Å². The van der Waals surface area contributed by atoms with E-state index in [1.54, 1.807) is 6.20 Å². The highest BCUT2D eigenvalue weighted by Gasteiger charge is 2.28. The molecule has 5 heteroatoms. The third-order valence-corrected chi connectivity index (χ3v) is 3.61. The Balaban J connectivity index is 1.59. The van der Waals surface area contributed by atoms with E-state index in [-0.39, 0.29) is 5.91 Å². The highest BCUT2D eigenvalue weighted by atomic mass is 32.1. The molecule has 92 valence electrons. The Morgan fingerprint density at radius 2 is 2.33 bits per heavy atom. The highest BCUT2D eigenvalue weighted by molar-refractivity contribution is 7.05. The standard InChI is InChI=1S/C13H12N2O2S/c16-13(14-8-10-5-6-15-18-10)12-7-9-3-1-2-4-11(9)17-12/h1-6,12H,7-8H2,(H,14,16). The second kappa shape index (κ2) is 4.78. The molecule has 2 heterocycles. The molecule has 1 unspecified atom stereocenters. The molecule has 0 spiro atoms. The van der Waals surface area contributed by atoms with Crippen molar-refractivity contribution >= 4 is 17.4 Å². The van der Waals surface area contributed by atoms with Crippen molar-refractivity contribution in [3.05, 3.63) is 47.0 Å². The topological polar surface area (TPSA) is 51.2 Å². The molecular weight excluding hydrogens is 248 g/mol. The van der Waals surface area contributed by atoms with Crippen LogP contribution in [0.3, 0.4) is 0 Å². The minimum Gasteiger partial charge on any atom is -0.480 e. The summed E-state index contributed by atoms with van der Waals surface area (Å²) in [5.74, 6) is 0.745. The second-order valence-electron chi connectivity index (χ2n) is 4.11. The molecule has 1 N–H and O–H groups in total. The van der Waals surface area contributed by atoms with Gasteiger partial charge in [0.1, 0.15) is 5.75 Å². The van der Waals surface area contributed by atoms with Crippen LogP contribution in [0.1, 0.15) is 10.4 Å². The molecule has 0 saturated carbocycles. The highest BCUT2D eigenvalue weighted by Crippen LogP contribution is 2.28. The molecule has 1 aliphatic heterocycles. The summed E-state index contributed by atoms with van der Waals surface area (Å²) in [5, 5.41) is 2.87. The number of nitrogens with one attached hydrogen (secondary N) is 1. The number of para-hydroxylation sites is 1. The molecule has 4 nitrogen and oxygen atoms in total. The molecular formula is C13H12N2O2S. The number of amides is 1. The summed E-state index contributed by atoms with van der Waals surface area (Å²) < 4.78 is 9.60. The van der Waals surface area contributed by atoms with E-state index >= 15 is 0 Å². The molecule has 0 fully saturated rings. The van der Waals surface area contributed by atoms with Gasteiger partial charge >= 0.3 is 0 Å². The molecule has 1 aliphatic rings. The molecule has 1 aromatic heterocycles. The van der Waals surface area contributed by atoms with Crippen molar-refractivity contribution in [2.75, 3.05) is 0 Å². The largest absolute Gasteiger partial charge is 0.480 e. The van der Waals surface area contributed by atoms with Crippen LogP contribution in [0.25, 0.3) is 0 Å². The summed E-state index contributed by atoms with van der Waals surface area (Å²) in [5.41, 5.74) is 1.09. The third kappa shape index (κ3) is 2.22. The zero-order chi connectivity index (χ0) is 12.4. The van der Waals surface area contributed by atoms with Gasteiger partial charge in [0.2, 0.25) is 0 Å². The second-order valence-corrected chi connectivity index (χ2v) is 5.03. The fraction of sp³-hybridized carbons (Fsp3) is 0.231. The maximum atomic E-state index is 12.0. The maximum Gasteiger partial charge on any atom is 0.261 e. The molecule has 0 bridgehead atoms. The predicted octanol–water partition coefficient (Wildman–Crippen LogP) is 1.76. The number of hydrogen-bond donors (Lipinski definition) is 1. The molecule has 2 aromatic rings. The number of rotatable bonds is 3. The Morgan fingerprint density at radius 1 is 1.44 bits per heavy atom. The monoisotopic (exact) mass is 260 g/mol. The molecule has 0 saturated heterocycles. The Morgan fingerprint density at radius 3 is 3.11 bits per heavy atom. The minimum atomic E-state index is -0.407. The number of nitrogens with zero attached hydrogens (tertiary/aromatic N) is 1. The van der Waals surface area contributed by atoms with Gasteiger partial charge in [0, 0.05) is 17.5 Å². The van der Waals surface area contributed by atoms with Gasteiger partial charge < -0.3 is 10.1 Å². The predicted molar refractivity (Wildman–Crippen MR) is 68.5 cm³/mol. The molecule has 18 heavy (non-hydrogen) atoms. The lowest BCUT2D eigenvalue weighted by atomic mass is 10.1. The maximum absolute atomic E-state index is 12.0. The van der Waals surface area contributed by atoms with Crippen molar-refractivity contribution in [2.24, 2.45) is 0 Å². The molecule has 1 atom stereocenters. The lowest BCUT2D eigenvalue weighted by molar-refractivity contribution is -0.127. The first-order valence-electron chi connectivity index (χ1n) is 5.75. The Labute approximate surface area is 109 Å². The summed E-state index contributed by atoms with van der Waals surface area (Å²) in [6.07, 6.45) is 1.97. The van der Waals surface area contributed by atoms with Gasteiger partial charge in [0.25, 0.3) is 5.91 Å². The van der Waals surface area contributed by atoms with Gasteiger partial charge in [-0.15, -0.1) is 0 Å². The first-order chi connectivity index (χ1) is 8.83. The summed E-state index contributed by atoms with van der Waals surface area (Å²) in [6.45, 7) is 0.514. The molecule has 0 aliphatic carbocycles. The van der Waals surface area contributed by atoms with Crippen molar-refractivity contribution < 1.29 is 9.53 Å². The van der Waals surface area contributed by atoms with Crippen molar-refractivity contribution in [1.29, 1.82) is 0 Å². The zero-order valence-corrected chi connectivity index (χ0v) is 10.4. The SMILES string of the molecule is O=C(NCc1ccns1)C1Cc2ccccc2O1. The van der Waals surface area contributed by atoms with Crippen LogP contribution >= 0.6 is 11.5 Å². The number of aromatic nitrogens is 1. The van der Waals surface area contributed by atoms with Gasteiger partial charge in [-0.3, -0.25) is 4.79 Å². The number of hydrogen-bond acceptors (Lipinski definition) is 4. The third-order valence-electron chi connectivity index (χ3n) is 2.87. The Kier molecular flexibility index (Phi) is 2.98.